The van der Waals surface area contributed by atoms with Crippen LogP contribution in [0.15, 0.2) is 66.7 Å². The van der Waals surface area contributed by atoms with Crippen molar-refractivity contribution in [1.29, 1.82) is 0 Å². The Labute approximate surface area is 172 Å². The standard InChI is InChI=1S/C23H27N5O/c1-29-17-12-24-22-18-21(19-8-4-2-5-9-19)25-23(26-22)28-15-13-27(14-16-28)20-10-6-3-7-11-20/h2-11,18H,12-17H2,1H3,(H,24,25,26). The van der Waals surface area contributed by atoms with Crippen molar-refractivity contribution in [2.45, 2.75) is 0 Å². The molecule has 0 amide bonds. The molecule has 1 fully saturated rings. The Morgan fingerprint density at radius 3 is 2.21 bits per heavy atom. The lowest BCUT2D eigenvalue weighted by Gasteiger charge is -2.36. The Balaban J connectivity index is 1.53. The zero-order chi connectivity index (χ0) is 19.9. The quantitative estimate of drug-likeness (QED) is 0.624. The highest BCUT2D eigenvalue weighted by atomic mass is 16.5. The van der Waals surface area contributed by atoms with Crippen molar-refractivity contribution in [2.75, 3.05) is 61.6 Å². The van der Waals surface area contributed by atoms with Crippen LogP contribution in [0.4, 0.5) is 17.5 Å². The molecule has 0 spiro atoms. The van der Waals surface area contributed by atoms with Crippen molar-refractivity contribution < 1.29 is 4.74 Å². The lowest BCUT2D eigenvalue weighted by molar-refractivity contribution is 0.210. The Morgan fingerprint density at radius 2 is 1.52 bits per heavy atom. The molecule has 6 nitrogen and oxygen atoms in total. The van der Waals surface area contributed by atoms with Crippen molar-refractivity contribution in [1.82, 2.24) is 9.97 Å². The first-order valence-electron chi connectivity index (χ1n) is 10.1. The molecule has 0 saturated carbocycles. The average molecular weight is 390 g/mol. The second kappa shape index (κ2) is 9.39. The van der Waals surface area contributed by atoms with Crippen LogP contribution in [0.25, 0.3) is 11.3 Å². The molecule has 1 aromatic heterocycles. The van der Waals surface area contributed by atoms with Crippen molar-refractivity contribution in [3.05, 3.63) is 66.7 Å². The molecule has 4 rings (SSSR count). The monoisotopic (exact) mass is 389 g/mol. The fourth-order valence-corrected chi connectivity index (χ4v) is 3.51. The number of nitrogens with zero attached hydrogens (tertiary/aromatic N) is 4. The Bertz CT molecular complexity index is 896. The molecule has 150 valence electrons. The van der Waals surface area contributed by atoms with E-state index < -0.39 is 0 Å². The van der Waals surface area contributed by atoms with E-state index in [9.17, 15) is 0 Å². The highest BCUT2D eigenvalue weighted by Crippen LogP contribution is 2.24. The molecule has 1 aliphatic heterocycles. The van der Waals surface area contributed by atoms with Crippen LogP contribution < -0.4 is 15.1 Å². The number of hydrogen-bond donors (Lipinski definition) is 1. The van der Waals surface area contributed by atoms with Gasteiger partial charge in [0.1, 0.15) is 5.82 Å². The average Bonchev–Trinajstić information content (AvgIpc) is 2.80. The molecule has 0 aliphatic carbocycles. The number of benzene rings is 2. The predicted molar refractivity (Wildman–Crippen MR) is 119 cm³/mol. The fraction of sp³-hybridized carbons (Fsp3) is 0.304. The van der Waals surface area contributed by atoms with Gasteiger partial charge in [-0.2, -0.15) is 4.98 Å². The molecule has 2 aromatic carbocycles. The summed E-state index contributed by atoms with van der Waals surface area (Å²) in [6.45, 7) is 5.04. The molecule has 6 heteroatoms. The van der Waals surface area contributed by atoms with Crippen LogP contribution >= 0.6 is 0 Å². The molecule has 1 saturated heterocycles. The summed E-state index contributed by atoms with van der Waals surface area (Å²) in [6, 6.07) is 22.8. The van der Waals surface area contributed by atoms with E-state index >= 15 is 0 Å². The first kappa shape index (κ1) is 19.2. The second-order valence-electron chi connectivity index (χ2n) is 7.03. The number of aromatic nitrogens is 2. The van der Waals surface area contributed by atoms with Crippen molar-refractivity contribution >= 4 is 17.5 Å². The van der Waals surface area contributed by atoms with Crippen LogP contribution in [0, 0.1) is 0 Å². The van der Waals surface area contributed by atoms with E-state index in [0.717, 1.165) is 49.2 Å². The molecule has 0 bridgehead atoms. The van der Waals surface area contributed by atoms with Crippen LogP contribution in [-0.4, -0.2) is 56.4 Å². The summed E-state index contributed by atoms with van der Waals surface area (Å²) in [5, 5.41) is 3.36. The van der Waals surface area contributed by atoms with E-state index in [1.807, 2.05) is 24.3 Å². The lowest BCUT2D eigenvalue weighted by Crippen LogP contribution is -2.47. The number of rotatable bonds is 7. The van der Waals surface area contributed by atoms with E-state index in [0.29, 0.717) is 13.2 Å². The maximum Gasteiger partial charge on any atom is 0.227 e. The van der Waals surface area contributed by atoms with Crippen LogP contribution in [0.5, 0.6) is 0 Å². The van der Waals surface area contributed by atoms with Gasteiger partial charge in [-0.25, -0.2) is 4.98 Å². The minimum Gasteiger partial charge on any atom is -0.383 e. The lowest BCUT2D eigenvalue weighted by atomic mass is 10.1. The van der Waals surface area contributed by atoms with E-state index in [2.05, 4.69) is 57.6 Å². The van der Waals surface area contributed by atoms with E-state index in [4.69, 9.17) is 14.7 Å². The van der Waals surface area contributed by atoms with Gasteiger partial charge in [-0.3, -0.25) is 0 Å². The van der Waals surface area contributed by atoms with Gasteiger partial charge >= 0.3 is 0 Å². The topological polar surface area (TPSA) is 53.5 Å². The minimum absolute atomic E-state index is 0.635. The predicted octanol–water partition coefficient (Wildman–Crippen LogP) is 3.53. The molecular weight excluding hydrogens is 362 g/mol. The Kier molecular flexibility index (Phi) is 6.22. The van der Waals surface area contributed by atoms with Gasteiger partial charge in [0, 0.05) is 57.2 Å². The number of nitrogens with one attached hydrogen (secondary N) is 1. The smallest absolute Gasteiger partial charge is 0.227 e. The van der Waals surface area contributed by atoms with Crippen LogP contribution in [0.1, 0.15) is 0 Å². The highest BCUT2D eigenvalue weighted by Gasteiger charge is 2.20. The Hall–Kier alpha value is -3.12. The summed E-state index contributed by atoms with van der Waals surface area (Å²) in [5.41, 5.74) is 3.29. The van der Waals surface area contributed by atoms with E-state index in [-0.39, 0.29) is 0 Å². The number of ether oxygens (including phenoxy) is 1. The molecule has 1 N–H and O–H groups in total. The number of para-hydroxylation sites is 1. The van der Waals surface area contributed by atoms with Gasteiger partial charge in [0.15, 0.2) is 0 Å². The summed E-state index contributed by atoms with van der Waals surface area (Å²) >= 11 is 0. The molecule has 0 radical (unpaired) electrons. The molecule has 3 aromatic rings. The molecular formula is C23H27N5O. The third kappa shape index (κ3) is 4.84. The highest BCUT2D eigenvalue weighted by molar-refractivity contribution is 5.64. The van der Waals surface area contributed by atoms with Gasteiger partial charge in [0.25, 0.3) is 0 Å². The van der Waals surface area contributed by atoms with Crippen molar-refractivity contribution in [3.8, 4) is 11.3 Å². The van der Waals surface area contributed by atoms with E-state index in [1.165, 1.54) is 5.69 Å². The maximum atomic E-state index is 5.16. The summed E-state index contributed by atoms with van der Waals surface area (Å²) in [4.78, 5) is 14.3. The zero-order valence-corrected chi connectivity index (χ0v) is 16.8. The normalized spacial score (nSPS) is 14.1. The van der Waals surface area contributed by atoms with E-state index in [1.54, 1.807) is 7.11 Å². The first-order chi connectivity index (χ1) is 14.3. The van der Waals surface area contributed by atoms with Gasteiger partial charge < -0.3 is 19.9 Å². The number of hydrogen-bond acceptors (Lipinski definition) is 6. The van der Waals surface area contributed by atoms with Crippen molar-refractivity contribution in [3.63, 3.8) is 0 Å². The zero-order valence-electron chi connectivity index (χ0n) is 16.8. The van der Waals surface area contributed by atoms with Crippen LogP contribution in [0.2, 0.25) is 0 Å². The van der Waals surface area contributed by atoms with Gasteiger partial charge in [-0.1, -0.05) is 48.5 Å². The minimum atomic E-state index is 0.635. The molecule has 0 unspecified atom stereocenters. The Morgan fingerprint density at radius 1 is 0.862 bits per heavy atom. The maximum absolute atomic E-state index is 5.16. The first-order valence-corrected chi connectivity index (χ1v) is 10.1. The fourth-order valence-electron chi connectivity index (χ4n) is 3.51. The molecule has 1 aliphatic rings. The summed E-state index contributed by atoms with van der Waals surface area (Å²) < 4.78 is 5.16. The second-order valence-corrected chi connectivity index (χ2v) is 7.03. The van der Waals surface area contributed by atoms with Gasteiger partial charge in [0.05, 0.1) is 12.3 Å². The number of methoxy groups -OCH3 is 1. The molecule has 2 heterocycles. The summed E-state index contributed by atoms with van der Waals surface area (Å²) in [6.07, 6.45) is 0. The molecule has 0 atom stereocenters. The summed E-state index contributed by atoms with van der Waals surface area (Å²) in [7, 11) is 1.70. The largest absolute Gasteiger partial charge is 0.383 e. The third-order valence-electron chi connectivity index (χ3n) is 5.08. The number of anilines is 3. The van der Waals surface area contributed by atoms with Gasteiger partial charge in [0.2, 0.25) is 5.95 Å². The SMILES string of the molecule is COCCNc1cc(-c2ccccc2)nc(N2CCN(c3ccccc3)CC2)n1. The van der Waals surface area contributed by atoms with Gasteiger partial charge in [-0.15, -0.1) is 0 Å². The van der Waals surface area contributed by atoms with Gasteiger partial charge in [-0.05, 0) is 12.1 Å². The number of piperazine rings is 1. The molecule has 29 heavy (non-hydrogen) atoms. The van der Waals surface area contributed by atoms with Crippen LogP contribution in [-0.2, 0) is 4.74 Å². The third-order valence-corrected chi connectivity index (χ3v) is 5.08. The van der Waals surface area contributed by atoms with Crippen LogP contribution in [0.3, 0.4) is 0 Å². The summed E-state index contributed by atoms with van der Waals surface area (Å²) in [5.74, 6) is 1.61. The van der Waals surface area contributed by atoms with Crippen molar-refractivity contribution in [2.24, 2.45) is 0 Å².